The summed E-state index contributed by atoms with van der Waals surface area (Å²) in [5.74, 6) is -1.31. The van der Waals surface area contributed by atoms with E-state index in [1.54, 1.807) is 12.1 Å². The van der Waals surface area contributed by atoms with Crippen LogP contribution in [-0.4, -0.2) is 16.2 Å². The smallest absolute Gasteiger partial charge is 0.813 e. The molecule has 0 unspecified atom stereocenters. The van der Waals surface area contributed by atoms with Crippen molar-refractivity contribution in [3.63, 3.8) is 0 Å². The number of aromatic carboxylic acids is 1. The van der Waals surface area contributed by atoms with Crippen molar-refractivity contribution in [1.29, 1.82) is 0 Å². The van der Waals surface area contributed by atoms with Crippen LogP contribution in [0.1, 0.15) is 10.4 Å². The molecule has 0 saturated heterocycles. The molecule has 0 saturated carbocycles. The van der Waals surface area contributed by atoms with Crippen molar-refractivity contribution in [2.75, 3.05) is 0 Å². The Morgan fingerprint density at radius 3 is 2.08 bits per heavy atom. The van der Waals surface area contributed by atoms with Crippen molar-refractivity contribution in [1.82, 2.24) is 0 Å². The Labute approximate surface area is 99.2 Å². The molecule has 0 spiro atoms. The molecule has 0 fully saturated rings. The first-order valence-corrected chi connectivity index (χ1v) is 2.73. The third-order valence-electron chi connectivity index (χ3n) is 1.13. The number of para-hydroxylation sites is 1. The van der Waals surface area contributed by atoms with Gasteiger partial charge in [-0.05, 0) is 12.1 Å². The molecule has 0 amide bonds. The zero-order chi connectivity index (χ0) is 7.56. The Hall–Kier alpha value is -0.160. The van der Waals surface area contributed by atoms with E-state index >= 15 is 0 Å². The average Bonchev–Trinajstić information content (AvgIpc) is 1.88. The fourth-order valence-electron chi connectivity index (χ4n) is 0.654. The minimum Gasteiger partial charge on any atom is -0.813 e. The van der Waals surface area contributed by atoms with E-state index in [2.05, 4.69) is 0 Å². The van der Waals surface area contributed by atoms with E-state index in [9.17, 15) is 4.79 Å². The predicted octanol–water partition coefficient (Wildman–Crippen LogP) is -2.18. The Kier molecular flexibility index (Phi) is 7.62. The van der Waals surface area contributed by atoms with E-state index in [1.807, 2.05) is 0 Å². The molecule has 60 valence electrons. The first kappa shape index (κ1) is 14.4. The maximum atomic E-state index is 10.3. The summed E-state index contributed by atoms with van der Waals surface area (Å²) >= 11 is 0. The first-order valence-electron chi connectivity index (χ1n) is 2.73. The van der Waals surface area contributed by atoms with Gasteiger partial charge in [-0.3, -0.25) is 0 Å². The van der Waals surface area contributed by atoms with Crippen molar-refractivity contribution in [3.05, 3.63) is 29.8 Å². The number of carbonyl (C=O) groups is 1. The average molecular weight is 194 g/mol. The van der Waals surface area contributed by atoms with Gasteiger partial charge in [-0.2, -0.15) is 0 Å². The SMILES string of the molecule is O=C(O)c1ccccc1O.[Na+].[SH-]. The van der Waals surface area contributed by atoms with E-state index in [4.69, 9.17) is 10.2 Å². The molecule has 1 rings (SSSR count). The molecular weight excluding hydrogens is 187 g/mol. The molecular formula is C7H7NaO3S. The maximum absolute atomic E-state index is 10.3. The maximum Gasteiger partial charge on any atom is 1.00 e. The minimum atomic E-state index is -1.11. The van der Waals surface area contributed by atoms with Crippen LogP contribution in [0.5, 0.6) is 5.75 Å². The molecule has 5 heteroatoms. The first-order chi connectivity index (χ1) is 4.72. The monoisotopic (exact) mass is 194 g/mol. The molecule has 0 aliphatic rings. The van der Waals surface area contributed by atoms with Crippen LogP contribution in [0, 0.1) is 0 Å². The topological polar surface area (TPSA) is 57.5 Å². The molecule has 0 bridgehead atoms. The molecule has 1 aromatic carbocycles. The van der Waals surface area contributed by atoms with E-state index in [-0.39, 0.29) is 54.4 Å². The van der Waals surface area contributed by atoms with Crippen molar-refractivity contribution in [2.24, 2.45) is 0 Å². The number of hydrogen-bond acceptors (Lipinski definition) is 3. The van der Waals surface area contributed by atoms with E-state index < -0.39 is 5.97 Å². The number of carboxylic acids is 1. The van der Waals surface area contributed by atoms with Crippen molar-refractivity contribution in [3.8, 4) is 5.75 Å². The summed E-state index contributed by atoms with van der Waals surface area (Å²) in [4.78, 5) is 10.3. The summed E-state index contributed by atoms with van der Waals surface area (Å²) in [7, 11) is 0. The largest absolute Gasteiger partial charge is 1.00 e. The summed E-state index contributed by atoms with van der Waals surface area (Å²) in [6.45, 7) is 0. The summed E-state index contributed by atoms with van der Waals surface area (Å²) in [6, 6.07) is 5.81. The molecule has 0 heterocycles. The van der Waals surface area contributed by atoms with Crippen LogP contribution in [0.3, 0.4) is 0 Å². The number of benzene rings is 1. The fraction of sp³-hybridized carbons (Fsp3) is 0. The van der Waals surface area contributed by atoms with Crippen LogP contribution in [0.2, 0.25) is 0 Å². The van der Waals surface area contributed by atoms with Crippen molar-refractivity contribution in [2.45, 2.75) is 0 Å². The molecule has 1 aromatic rings. The fourth-order valence-corrected chi connectivity index (χ4v) is 0.654. The third kappa shape index (κ3) is 3.49. The second-order valence-electron chi connectivity index (χ2n) is 1.82. The molecule has 3 nitrogen and oxygen atoms in total. The Balaban J connectivity index is 0. The van der Waals surface area contributed by atoms with Gasteiger partial charge in [0.05, 0.1) is 0 Å². The zero-order valence-corrected chi connectivity index (χ0v) is 9.45. The van der Waals surface area contributed by atoms with Crippen LogP contribution in [0.15, 0.2) is 24.3 Å². The quantitative estimate of drug-likeness (QED) is 0.303. The predicted molar refractivity (Wildman–Crippen MR) is 43.8 cm³/mol. The number of rotatable bonds is 1. The summed E-state index contributed by atoms with van der Waals surface area (Å²) in [5, 5.41) is 17.3. The molecule has 0 radical (unpaired) electrons. The molecule has 0 aliphatic carbocycles. The van der Waals surface area contributed by atoms with Gasteiger partial charge in [-0.15, -0.1) is 0 Å². The van der Waals surface area contributed by atoms with Crippen LogP contribution in [-0.2, 0) is 13.5 Å². The van der Waals surface area contributed by atoms with Gasteiger partial charge in [0.15, 0.2) is 0 Å². The summed E-state index contributed by atoms with van der Waals surface area (Å²) in [6.07, 6.45) is 0. The standard InChI is InChI=1S/C7H6O3.Na.H2S/c8-6-4-2-1-3-5(6)7(9)10;;/h1-4,8H,(H,9,10);;1H2/q;+1;/p-1. The van der Waals surface area contributed by atoms with Gasteiger partial charge in [0.1, 0.15) is 11.3 Å². The number of phenols is 1. The van der Waals surface area contributed by atoms with Crippen LogP contribution in [0.4, 0.5) is 0 Å². The molecule has 0 aliphatic heterocycles. The zero-order valence-electron chi connectivity index (χ0n) is 6.56. The number of aromatic hydroxyl groups is 1. The van der Waals surface area contributed by atoms with Gasteiger partial charge >= 0.3 is 35.5 Å². The Bertz CT molecular complexity index is 265. The van der Waals surface area contributed by atoms with Gasteiger partial charge in [0.25, 0.3) is 0 Å². The van der Waals surface area contributed by atoms with Crippen molar-refractivity contribution < 1.29 is 44.6 Å². The second kappa shape index (κ2) is 6.37. The van der Waals surface area contributed by atoms with Gasteiger partial charge < -0.3 is 23.7 Å². The second-order valence-corrected chi connectivity index (χ2v) is 1.82. The Morgan fingerprint density at radius 2 is 1.75 bits per heavy atom. The molecule has 2 N–H and O–H groups in total. The van der Waals surface area contributed by atoms with Crippen LogP contribution >= 0.6 is 0 Å². The number of hydrogen-bond donors (Lipinski definition) is 2. The molecule has 12 heavy (non-hydrogen) atoms. The Morgan fingerprint density at radius 1 is 1.25 bits per heavy atom. The molecule has 0 atom stereocenters. The van der Waals surface area contributed by atoms with Gasteiger partial charge in [0, 0.05) is 0 Å². The van der Waals surface area contributed by atoms with Crippen LogP contribution in [0.25, 0.3) is 0 Å². The normalized spacial score (nSPS) is 7.67. The minimum absolute atomic E-state index is 0. The number of carboxylic acid groups (broad SMARTS) is 1. The van der Waals surface area contributed by atoms with E-state index in [0.717, 1.165) is 0 Å². The van der Waals surface area contributed by atoms with Crippen molar-refractivity contribution >= 4 is 19.5 Å². The molecule has 0 aromatic heterocycles. The van der Waals surface area contributed by atoms with E-state index in [1.165, 1.54) is 12.1 Å². The van der Waals surface area contributed by atoms with Gasteiger partial charge in [0.2, 0.25) is 0 Å². The van der Waals surface area contributed by atoms with Crippen LogP contribution < -0.4 is 29.6 Å². The number of thiol groups is 1. The van der Waals surface area contributed by atoms with Gasteiger partial charge in [-0.25, -0.2) is 4.79 Å². The summed E-state index contributed by atoms with van der Waals surface area (Å²) in [5.41, 5.74) is -0.0671. The van der Waals surface area contributed by atoms with Gasteiger partial charge in [-0.1, -0.05) is 12.1 Å². The van der Waals surface area contributed by atoms with E-state index in [0.29, 0.717) is 0 Å². The summed E-state index contributed by atoms with van der Waals surface area (Å²) < 4.78 is 0. The third-order valence-corrected chi connectivity index (χ3v) is 1.13.